The van der Waals surface area contributed by atoms with Crippen LogP contribution in [0.1, 0.15) is 5.56 Å². The molecule has 0 unspecified atom stereocenters. The van der Waals surface area contributed by atoms with Crippen molar-refractivity contribution in [3.05, 3.63) is 78.2 Å². The lowest BCUT2D eigenvalue weighted by molar-refractivity contribution is 0.601. The topological polar surface area (TPSA) is 71.1 Å². The van der Waals surface area contributed by atoms with E-state index in [1.54, 1.807) is 36.4 Å². The Balaban J connectivity index is 1.73. The van der Waals surface area contributed by atoms with Crippen LogP contribution in [0.25, 0.3) is 0 Å². The molecule has 0 radical (unpaired) electrons. The zero-order valence-corrected chi connectivity index (χ0v) is 14.2. The Bertz CT molecular complexity index is 972. The van der Waals surface area contributed by atoms with E-state index in [9.17, 15) is 12.8 Å². The predicted octanol–water partition coefficient (Wildman–Crippen LogP) is 4.07. The molecule has 1 aromatic heterocycles. The molecule has 0 amide bonds. The van der Waals surface area contributed by atoms with Gasteiger partial charge in [0.25, 0.3) is 10.0 Å². The number of benzene rings is 2. The van der Waals surface area contributed by atoms with Crippen LogP contribution in [0.4, 0.5) is 21.6 Å². The highest BCUT2D eigenvalue weighted by Crippen LogP contribution is 2.19. The van der Waals surface area contributed by atoms with E-state index in [1.807, 2.05) is 13.0 Å². The third-order valence-corrected chi connectivity index (χ3v) is 4.79. The Kier molecular flexibility index (Phi) is 4.67. The maximum Gasteiger partial charge on any atom is 0.263 e. The number of hydrogen-bond acceptors (Lipinski definition) is 4. The Morgan fingerprint density at radius 1 is 0.960 bits per heavy atom. The van der Waals surface area contributed by atoms with Crippen LogP contribution in [0.5, 0.6) is 0 Å². The zero-order valence-electron chi connectivity index (χ0n) is 13.4. The van der Waals surface area contributed by atoms with E-state index in [0.717, 1.165) is 5.56 Å². The van der Waals surface area contributed by atoms with Gasteiger partial charge in [-0.25, -0.2) is 17.8 Å². The molecule has 0 saturated heterocycles. The zero-order chi connectivity index (χ0) is 17.9. The molecule has 5 nitrogen and oxygen atoms in total. The highest BCUT2D eigenvalue weighted by atomic mass is 32.2. The minimum Gasteiger partial charge on any atom is -0.354 e. The van der Waals surface area contributed by atoms with Crippen LogP contribution in [0.15, 0.2) is 71.8 Å². The van der Waals surface area contributed by atoms with Crippen molar-refractivity contribution in [1.82, 2.24) is 4.98 Å². The van der Waals surface area contributed by atoms with Crippen LogP contribution in [0.3, 0.4) is 0 Å². The Morgan fingerprint density at radius 3 is 2.32 bits per heavy atom. The van der Waals surface area contributed by atoms with Crippen molar-refractivity contribution in [3.63, 3.8) is 0 Å². The molecule has 3 aromatic rings. The first kappa shape index (κ1) is 16.9. The fourth-order valence-electron chi connectivity index (χ4n) is 2.21. The van der Waals surface area contributed by atoms with Crippen molar-refractivity contribution in [2.75, 3.05) is 10.0 Å². The summed E-state index contributed by atoms with van der Waals surface area (Å²) in [6, 6.07) is 15.8. The standard InChI is InChI=1S/C18H16FN3O2S/c1-13-3-2-4-17(11-13)25(23,24)22-18-10-9-16(12-20-18)21-15-7-5-14(19)6-8-15/h2-12,21H,1H3,(H,20,22). The van der Waals surface area contributed by atoms with Gasteiger partial charge < -0.3 is 5.32 Å². The van der Waals surface area contributed by atoms with E-state index in [4.69, 9.17) is 0 Å². The second-order valence-corrected chi connectivity index (χ2v) is 7.17. The smallest absolute Gasteiger partial charge is 0.263 e. The largest absolute Gasteiger partial charge is 0.354 e. The number of sulfonamides is 1. The molecule has 25 heavy (non-hydrogen) atoms. The van der Waals surface area contributed by atoms with E-state index in [1.165, 1.54) is 24.4 Å². The van der Waals surface area contributed by atoms with Crippen LogP contribution in [-0.4, -0.2) is 13.4 Å². The van der Waals surface area contributed by atoms with Crippen molar-refractivity contribution in [3.8, 4) is 0 Å². The molecule has 7 heteroatoms. The van der Waals surface area contributed by atoms with E-state index >= 15 is 0 Å². The highest BCUT2D eigenvalue weighted by Gasteiger charge is 2.14. The summed E-state index contributed by atoms with van der Waals surface area (Å²) in [5, 5.41) is 3.05. The summed E-state index contributed by atoms with van der Waals surface area (Å²) in [7, 11) is -3.69. The first-order valence-electron chi connectivity index (χ1n) is 7.50. The molecular formula is C18H16FN3O2S. The summed E-state index contributed by atoms with van der Waals surface area (Å²) in [6.07, 6.45) is 1.50. The summed E-state index contributed by atoms with van der Waals surface area (Å²) >= 11 is 0. The first-order valence-corrected chi connectivity index (χ1v) is 8.99. The predicted molar refractivity (Wildman–Crippen MR) is 95.9 cm³/mol. The van der Waals surface area contributed by atoms with Gasteiger partial charge in [-0.3, -0.25) is 4.72 Å². The third-order valence-electron chi connectivity index (χ3n) is 3.44. The van der Waals surface area contributed by atoms with Gasteiger partial charge in [-0.2, -0.15) is 0 Å². The molecule has 0 spiro atoms. The summed E-state index contributed by atoms with van der Waals surface area (Å²) < 4.78 is 40.1. The SMILES string of the molecule is Cc1cccc(S(=O)(=O)Nc2ccc(Nc3ccc(F)cc3)cn2)c1. The second kappa shape index (κ2) is 6.90. The van der Waals surface area contributed by atoms with E-state index < -0.39 is 10.0 Å². The molecule has 0 fully saturated rings. The lowest BCUT2D eigenvalue weighted by Crippen LogP contribution is -2.14. The van der Waals surface area contributed by atoms with Gasteiger partial charge in [0.05, 0.1) is 16.8 Å². The molecule has 0 saturated carbocycles. The first-order chi connectivity index (χ1) is 11.9. The molecule has 128 valence electrons. The number of rotatable bonds is 5. The fourth-order valence-corrected chi connectivity index (χ4v) is 3.32. The number of aromatic nitrogens is 1. The average molecular weight is 357 g/mol. The van der Waals surface area contributed by atoms with Crippen molar-refractivity contribution in [2.24, 2.45) is 0 Å². The Hall–Kier alpha value is -2.93. The van der Waals surface area contributed by atoms with Crippen molar-refractivity contribution in [1.29, 1.82) is 0 Å². The third kappa shape index (κ3) is 4.33. The number of halogens is 1. The molecule has 2 aromatic carbocycles. The molecule has 2 N–H and O–H groups in total. The van der Waals surface area contributed by atoms with E-state index in [0.29, 0.717) is 11.4 Å². The van der Waals surface area contributed by atoms with Gasteiger partial charge >= 0.3 is 0 Å². The van der Waals surface area contributed by atoms with Crippen LogP contribution in [0.2, 0.25) is 0 Å². The average Bonchev–Trinajstić information content (AvgIpc) is 2.58. The number of pyridine rings is 1. The normalized spacial score (nSPS) is 11.1. The summed E-state index contributed by atoms with van der Waals surface area (Å²) in [5.41, 5.74) is 2.22. The molecule has 0 aliphatic heterocycles. The minimum atomic E-state index is -3.69. The van der Waals surface area contributed by atoms with Crippen LogP contribution in [0, 0.1) is 12.7 Å². The summed E-state index contributed by atoms with van der Waals surface area (Å²) in [6.45, 7) is 1.83. The van der Waals surface area contributed by atoms with Crippen molar-refractivity contribution >= 4 is 27.2 Å². The molecular weight excluding hydrogens is 341 g/mol. The maximum atomic E-state index is 12.9. The second-order valence-electron chi connectivity index (χ2n) is 5.49. The Morgan fingerprint density at radius 2 is 1.68 bits per heavy atom. The monoisotopic (exact) mass is 357 g/mol. The molecule has 0 atom stereocenters. The number of anilines is 3. The van der Waals surface area contributed by atoms with Crippen LogP contribution >= 0.6 is 0 Å². The Labute approximate surface area is 145 Å². The number of nitrogens with one attached hydrogen (secondary N) is 2. The minimum absolute atomic E-state index is 0.183. The number of nitrogens with zero attached hydrogens (tertiary/aromatic N) is 1. The van der Waals surface area contributed by atoms with Crippen LogP contribution < -0.4 is 10.0 Å². The number of aryl methyl sites for hydroxylation is 1. The molecule has 1 heterocycles. The molecule has 3 rings (SSSR count). The van der Waals surface area contributed by atoms with Gasteiger partial charge in [0.1, 0.15) is 11.6 Å². The molecule has 0 aliphatic rings. The van der Waals surface area contributed by atoms with Gasteiger partial charge in [0.2, 0.25) is 0 Å². The van der Waals surface area contributed by atoms with E-state index in [-0.39, 0.29) is 16.5 Å². The highest BCUT2D eigenvalue weighted by molar-refractivity contribution is 7.92. The quantitative estimate of drug-likeness (QED) is 0.722. The van der Waals surface area contributed by atoms with E-state index in [2.05, 4.69) is 15.0 Å². The lowest BCUT2D eigenvalue weighted by atomic mass is 10.2. The molecule has 0 bridgehead atoms. The van der Waals surface area contributed by atoms with Crippen molar-refractivity contribution < 1.29 is 12.8 Å². The fraction of sp³-hybridized carbons (Fsp3) is 0.0556. The van der Waals surface area contributed by atoms with Gasteiger partial charge in [0.15, 0.2) is 0 Å². The molecule has 0 aliphatic carbocycles. The van der Waals surface area contributed by atoms with Gasteiger partial charge in [-0.1, -0.05) is 12.1 Å². The van der Waals surface area contributed by atoms with Gasteiger partial charge in [-0.15, -0.1) is 0 Å². The summed E-state index contributed by atoms with van der Waals surface area (Å²) in [4.78, 5) is 4.28. The summed E-state index contributed by atoms with van der Waals surface area (Å²) in [5.74, 6) is -0.101. The maximum absolute atomic E-state index is 12.9. The van der Waals surface area contributed by atoms with Crippen molar-refractivity contribution in [2.45, 2.75) is 11.8 Å². The number of hydrogen-bond donors (Lipinski definition) is 2. The van der Waals surface area contributed by atoms with Gasteiger partial charge in [0, 0.05) is 5.69 Å². The van der Waals surface area contributed by atoms with Gasteiger partial charge in [-0.05, 0) is 61.0 Å². The lowest BCUT2D eigenvalue weighted by Gasteiger charge is -2.09. The van der Waals surface area contributed by atoms with Crippen LogP contribution in [-0.2, 0) is 10.0 Å².